The molecule has 2 aliphatic heterocycles. The number of fused-ring (bicyclic) bond motifs is 2. The molecule has 0 unspecified atom stereocenters. The minimum atomic E-state index is -0.0396. The van der Waals surface area contributed by atoms with Crippen LogP contribution in [0.1, 0.15) is 47.7 Å². The molecule has 4 heterocycles. The summed E-state index contributed by atoms with van der Waals surface area (Å²) in [5.41, 5.74) is 1.41. The number of amides is 1. The van der Waals surface area contributed by atoms with Gasteiger partial charge < -0.3 is 9.88 Å². The molecular formula is C19H25N5OS. The lowest BCUT2D eigenvalue weighted by atomic mass is 9.89. The van der Waals surface area contributed by atoms with E-state index in [9.17, 15) is 4.79 Å². The number of rotatable bonds is 4. The summed E-state index contributed by atoms with van der Waals surface area (Å²) in [4.78, 5) is 15.2. The molecule has 0 spiro atoms. The smallest absolute Gasteiger partial charge is 0.289 e. The Kier molecular flexibility index (Phi) is 4.29. The van der Waals surface area contributed by atoms with Crippen LogP contribution in [0.2, 0.25) is 0 Å². The summed E-state index contributed by atoms with van der Waals surface area (Å²) in [6.07, 6.45) is 5.55. The van der Waals surface area contributed by atoms with Gasteiger partial charge in [0.2, 0.25) is 5.82 Å². The molecular weight excluding hydrogens is 346 g/mol. The number of thiophene rings is 1. The van der Waals surface area contributed by atoms with E-state index >= 15 is 0 Å². The Morgan fingerprint density at radius 3 is 2.85 bits per heavy atom. The fourth-order valence-electron chi connectivity index (χ4n) is 4.88. The summed E-state index contributed by atoms with van der Waals surface area (Å²) in [7, 11) is 0. The zero-order valence-corrected chi connectivity index (χ0v) is 15.7. The summed E-state index contributed by atoms with van der Waals surface area (Å²) >= 11 is 1.76. The molecule has 3 aliphatic rings. The average Bonchev–Trinajstić information content (AvgIpc) is 3.40. The highest BCUT2D eigenvalue weighted by Crippen LogP contribution is 2.33. The van der Waals surface area contributed by atoms with Gasteiger partial charge in [-0.3, -0.25) is 9.69 Å². The van der Waals surface area contributed by atoms with Gasteiger partial charge in [0.05, 0.1) is 0 Å². The molecule has 138 valence electrons. The molecule has 2 aromatic heterocycles. The van der Waals surface area contributed by atoms with Crippen molar-refractivity contribution in [1.29, 1.82) is 0 Å². The number of aromatic nitrogens is 3. The molecule has 2 atom stereocenters. The van der Waals surface area contributed by atoms with Gasteiger partial charge in [0.15, 0.2) is 0 Å². The van der Waals surface area contributed by atoms with E-state index in [2.05, 4.69) is 41.8 Å². The summed E-state index contributed by atoms with van der Waals surface area (Å²) in [5.74, 6) is 2.69. The largest absolute Gasteiger partial charge is 0.347 e. The van der Waals surface area contributed by atoms with Gasteiger partial charge >= 0.3 is 0 Å². The molecule has 0 radical (unpaired) electrons. The van der Waals surface area contributed by atoms with Crippen LogP contribution in [0.4, 0.5) is 0 Å². The van der Waals surface area contributed by atoms with Gasteiger partial charge in [0.25, 0.3) is 5.91 Å². The van der Waals surface area contributed by atoms with E-state index in [0.717, 1.165) is 51.3 Å². The maximum atomic E-state index is 12.7. The zero-order chi connectivity index (χ0) is 17.5. The second kappa shape index (κ2) is 6.78. The predicted molar refractivity (Wildman–Crippen MR) is 100 cm³/mol. The van der Waals surface area contributed by atoms with Crippen LogP contribution in [0.15, 0.2) is 16.8 Å². The topological polar surface area (TPSA) is 63.1 Å². The number of nitrogens with zero attached hydrogens (tertiary/aromatic N) is 4. The van der Waals surface area contributed by atoms with Crippen molar-refractivity contribution in [2.75, 3.05) is 13.1 Å². The predicted octanol–water partition coefficient (Wildman–Crippen LogP) is 2.32. The molecule has 7 heteroatoms. The van der Waals surface area contributed by atoms with Crippen LogP contribution < -0.4 is 5.32 Å². The van der Waals surface area contributed by atoms with E-state index in [1.54, 1.807) is 11.3 Å². The second-order valence-electron chi connectivity index (χ2n) is 8.06. The van der Waals surface area contributed by atoms with Crippen LogP contribution in [-0.2, 0) is 19.5 Å². The third-order valence-electron chi connectivity index (χ3n) is 6.22. The van der Waals surface area contributed by atoms with Crippen molar-refractivity contribution in [2.24, 2.45) is 11.8 Å². The first-order chi connectivity index (χ1) is 12.8. The zero-order valence-electron chi connectivity index (χ0n) is 14.9. The summed E-state index contributed by atoms with van der Waals surface area (Å²) < 4.78 is 2.08. The van der Waals surface area contributed by atoms with Crippen molar-refractivity contribution in [3.63, 3.8) is 0 Å². The average molecular weight is 372 g/mol. The van der Waals surface area contributed by atoms with E-state index in [0.29, 0.717) is 23.7 Å². The molecule has 0 bridgehead atoms. The Morgan fingerprint density at radius 2 is 2.04 bits per heavy atom. The van der Waals surface area contributed by atoms with Crippen LogP contribution in [-0.4, -0.2) is 44.7 Å². The van der Waals surface area contributed by atoms with Crippen molar-refractivity contribution in [3.05, 3.63) is 34.0 Å². The first-order valence-corrected chi connectivity index (χ1v) is 10.7. The molecule has 26 heavy (non-hydrogen) atoms. The van der Waals surface area contributed by atoms with E-state index < -0.39 is 0 Å². The Hall–Kier alpha value is -1.73. The maximum Gasteiger partial charge on any atom is 0.289 e. The van der Waals surface area contributed by atoms with Crippen molar-refractivity contribution < 1.29 is 4.79 Å². The van der Waals surface area contributed by atoms with Crippen LogP contribution in [0, 0.1) is 11.8 Å². The standard InChI is InChI=1S/C19H25N5OS/c25-19(20-16-3-1-2-4-16)18-22-21-17-7-14-9-23(8-13-5-6-26-12-13)10-15(14)11-24(17)18/h5-6,12,14-16H,1-4,7-11H2,(H,20,25)/t14-,15+/m0/s1. The summed E-state index contributed by atoms with van der Waals surface area (Å²) in [5, 5.41) is 16.1. The van der Waals surface area contributed by atoms with Gasteiger partial charge in [-0.15, -0.1) is 10.2 Å². The number of hydrogen-bond acceptors (Lipinski definition) is 5. The molecule has 2 fully saturated rings. The van der Waals surface area contributed by atoms with Crippen molar-refractivity contribution >= 4 is 17.2 Å². The molecule has 1 saturated heterocycles. The van der Waals surface area contributed by atoms with Crippen LogP contribution in [0.25, 0.3) is 0 Å². The van der Waals surface area contributed by atoms with E-state index in [1.807, 2.05) is 0 Å². The monoisotopic (exact) mass is 371 g/mol. The number of carbonyl (C=O) groups is 1. The quantitative estimate of drug-likeness (QED) is 0.896. The SMILES string of the molecule is O=C(NC1CCCC1)c1nnc2n1C[C@H]1CN(Cc3ccsc3)C[C@@H]1C2. The highest BCUT2D eigenvalue weighted by Gasteiger charge is 2.39. The van der Waals surface area contributed by atoms with Gasteiger partial charge in [0.1, 0.15) is 5.82 Å². The number of carbonyl (C=O) groups excluding carboxylic acids is 1. The fourth-order valence-corrected chi connectivity index (χ4v) is 5.54. The molecule has 0 aromatic carbocycles. The van der Waals surface area contributed by atoms with E-state index in [-0.39, 0.29) is 5.91 Å². The van der Waals surface area contributed by atoms with Crippen LogP contribution >= 0.6 is 11.3 Å². The van der Waals surface area contributed by atoms with Gasteiger partial charge in [-0.1, -0.05) is 12.8 Å². The molecule has 1 aliphatic carbocycles. The van der Waals surface area contributed by atoms with Crippen LogP contribution in [0.3, 0.4) is 0 Å². The molecule has 2 aromatic rings. The van der Waals surface area contributed by atoms with Gasteiger partial charge in [-0.2, -0.15) is 11.3 Å². The van der Waals surface area contributed by atoms with E-state index in [4.69, 9.17) is 0 Å². The minimum Gasteiger partial charge on any atom is -0.347 e. The number of nitrogens with one attached hydrogen (secondary N) is 1. The van der Waals surface area contributed by atoms with Gasteiger partial charge in [-0.05, 0) is 47.1 Å². The molecule has 5 rings (SSSR count). The van der Waals surface area contributed by atoms with Crippen molar-refractivity contribution in [3.8, 4) is 0 Å². The summed E-state index contributed by atoms with van der Waals surface area (Å²) in [6, 6.07) is 2.53. The molecule has 1 N–H and O–H groups in total. The third kappa shape index (κ3) is 3.07. The fraction of sp³-hybridized carbons (Fsp3) is 0.632. The van der Waals surface area contributed by atoms with Crippen molar-refractivity contribution in [1.82, 2.24) is 25.0 Å². The van der Waals surface area contributed by atoms with Gasteiger partial charge in [-0.25, -0.2) is 0 Å². The highest BCUT2D eigenvalue weighted by atomic mass is 32.1. The Bertz CT molecular complexity index is 780. The highest BCUT2D eigenvalue weighted by molar-refractivity contribution is 7.07. The lowest BCUT2D eigenvalue weighted by Crippen LogP contribution is -2.36. The first kappa shape index (κ1) is 16.4. The molecule has 1 saturated carbocycles. The minimum absolute atomic E-state index is 0.0396. The maximum absolute atomic E-state index is 12.7. The van der Waals surface area contributed by atoms with Crippen LogP contribution in [0.5, 0.6) is 0 Å². The Labute approximate surface area is 157 Å². The molecule has 6 nitrogen and oxygen atoms in total. The first-order valence-electron chi connectivity index (χ1n) is 9.72. The van der Waals surface area contributed by atoms with Crippen molar-refractivity contribution in [2.45, 2.75) is 51.2 Å². The number of likely N-dealkylation sites (tertiary alicyclic amines) is 1. The normalized spacial score (nSPS) is 26.0. The second-order valence-corrected chi connectivity index (χ2v) is 8.84. The van der Waals surface area contributed by atoms with Gasteiger partial charge in [0, 0.05) is 38.6 Å². The summed E-state index contributed by atoms with van der Waals surface area (Å²) in [6.45, 7) is 4.13. The number of hydrogen-bond donors (Lipinski definition) is 1. The lowest BCUT2D eigenvalue weighted by Gasteiger charge is -2.26. The third-order valence-corrected chi connectivity index (χ3v) is 6.95. The molecule has 1 amide bonds. The Balaban J connectivity index is 1.27. The Morgan fingerprint density at radius 1 is 1.19 bits per heavy atom. The van der Waals surface area contributed by atoms with E-state index in [1.165, 1.54) is 18.4 Å². The lowest BCUT2D eigenvalue weighted by molar-refractivity contribution is 0.0919.